The van der Waals surface area contributed by atoms with Crippen molar-refractivity contribution in [1.29, 1.82) is 0 Å². The molecule has 0 saturated carbocycles. The number of benzene rings is 1. The molecule has 0 saturated heterocycles. The second kappa shape index (κ2) is 4.53. The van der Waals surface area contributed by atoms with Crippen LogP contribution in [-0.4, -0.2) is 9.97 Å². The van der Waals surface area contributed by atoms with Crippen molar-refractivity contribution in [2.75, 3.05) is 0 Å². The molecule has 0 fully saturated rings. The fourth-order valence-electron chi connectivity index (χ4n) is 1.82. The second-order valence-electron chi connectivity index (χ2n) is 3.95. The Labute approximate surface area is 107 Å². The summed E-state index contributed by atoms with van der Waals surface area (Å²) in [4.78, 5) is 18.4. The molecular weight excluding hydrogens is 247 g/mol. The molecule has 94 valence electrons. The van der Waals surface area contributed by atoms with E-state index in [0.717, 1.165) is 0 Å². The molecule has 2 aromatic heterocycles. The summed E-state index contributed by atoms with van der Waals surface area (Å²) < 4.78 is 18.6. The van der Waals surface area contributed by atoms with E-state index in [1.807, 2.05) is 0 Å². The van der Waals surface area contributed by atoms with Crippen molar-refractivity contribution in [3.05, 3.63) is 65.0 Å². The number of hydrogen-bond donors (Lipinski definition) is 1. The van der Waals surface area contributed by atoms with Crippen molar-refractivity contribution < 1.29 is 9.13 Å². The van der Waals surface area contributed by atoms with Gasteiger partial charge in [-0.3, -0.25) is 4.79 Å². The number of halogens is 1. The van der Waals surface area contributed by atoms with Gasteiger partial charge < -0.3 is 9.72 Å². The van der Waals surface area contributed by atoms with Gasteiger partial charge in [-0.25, -0.2) is 9.37 Å². The maximum absolute atomic E-state index is 13.1. The van der Waals surface area contributed by atoms with Crippen LogP contribution >= 0.6 is 0 Å². The van der Waals surface area contributed by atoms with E-state index in [1.165, 1.54) is 24.4 Å². The number of ether oxygens (including phenoxy) is 1. The van der Waals surface area contributed by atoms with E-state index in [4.69, 9.17) is 4.74 Å². The second-order valence-corrected chi connectivity index (χ2v) is 3.95. The van der Waals surface area contributed by atoms with Gasteiger partial charge >= 0.3 is 0 Å². The average molecular weight is 256 g/mol. The smallest absolute Gasteiger partial charge is 0.261 e. The number of nitrogens with one attached hydrogen (secondary N) is 1. The van der Waals surface area contributed by atoms with Gasteiger partial charge in [-0.1, -0.05) is 6.07 Å². The quantitative estimate of drug-likeness (QED) is 0.767. The monoisotopic (exact) mass is 256 g/mol. The predicted octanol–water partition coefficient (Wildman–Crippen LogP) is 2.85. The van der Waals surface area contributed by atoms with E-state index < -0.39 is 5.82 Å². The summed E-state index contributed by atoms with van der Waals surface area (Å²) >= 11 is 0. The lowest BCUT2D eigenvalue weighted by Gasteiger charge is -2.06. The van der Waals surface area contributed by atoms with Crippen molar-refractivity contribution in [1.82, 2.24) is 9.97 Å². The Balaban J connectivity index is 2.13. The molecule has 1 N–H and O–H groups in total. The third-order valence-corrected chi connectivity index (χ3v) is 2.66. The van der Waals surface area contributed by atoms with Gasteiger partial charge in [0.15, 0.2) is 0 Å². The van der Waals surface area contributed by atoms with Crippen LogP contribution in [0, 0.1) is 5.82 Å². The summed E-state index contributed by atoms with van der Waals surface area (Å²) in [6.45, 7) is 0. The minimum absolute atomic E-state index is 0.157. The predicted molar refractivity (Wildman–Crippen MR) is 68.8 cm³/mol. The average Bonchev–Trinajstić information content (AvgIpc) is 2.39. The van der Waals surface area contributed by atoms with E-state index in [0.29, 0.717) is 16.5 Å². The molecule has 0 bridgehead atoms. The summed E-state index contributed by atoms with van der Waals surface area (Å²) in [5.74, 6) is 0.0415. The largest absolute Gasteiger partial charge is 0.438 e. The van der Waals surface area contributed by atoms with Gasteiger partial charge in [0.2, 0.25) is 5.88 Å². The van der Waals surface area contributed by atoms with Gasteiger partial charge in [0.1, 0.15) is 17.0 Å². The maximum atomic E-state index is 13.1. The molecule has 0 atom stereocenters. The topological polar surface area (TPSA) is 55.0 Å². The molecule has 19 heavy (non-hydrogen) atoms. The molecule has 0 spiro atoms. The van der Waals surface area contributed by atoms with Crippen LogP contribution in [0.5, 0.6) is 11.6 Å². The zero-order valence-electron chi connectivity index (χ0n) is 9.76. The molecule has 0 aliphatic rings. The van der Waals surface area contributed by atoms with Crippen molar-refractivity contribution in [2.45, 2.75) is 0 Å². The van der Waals surface area contributed by atoms with Crippen molar-refractivity contribution >= 4 is 10.8 Å². The van der Waals surface area contributed by atoms with Crippen LogP contribution in [0.3, 0.4) is 0 Å². The fraction of sp³-hybridized carbons (Fsp3) is 0. The molecule has 0 amide bonds. The summed E-state index contributed by atoms with van der Waals surface area (Å²) in [5, 5.41) is 1.06. The SMILES string of the molecule is O=c1[nH]ccc2ccnc(Oc3cccc(F)c3)c12. The fourth-order valence-corrected chi connectivity index (χ4v) is 1.82. The number of hydrogen-bond acceptors (Lipinski definition) is 3. The van der Waals surface area contributed by atoms with Crippen LogP contribution in [0.25, 0.3) is 10.8 Å². The van der Waals surface area contributed by atoms with Crippen molar-refractivity contribution in [3.63, 3.8) is 0 Å². The Morgan fingerprint density at radius 3 is 2.95 bits per heavy atom. The first-order valence-electron chi connectivity index (χ1n) is 5.64. The third-order valence-electron chi connectivity index (χ3n) is 2.66. The summed E-state index contributed by atoms with van der Waals surface area (Å²) in [5.41, 5.74) is -0.294. The van der Waals surface area contributed by atoms with Gasteiger partial charge in [0.25, 0.3) is 5.56 Å². The van der Waals surface area contributed by atoms with E-state index in [-0.39, 0.29) is 11.4 Å². The molecule has 0 aliphatic heterocycles. The Morgan fingerprint density at radius 1 is 1.21 bits per heavy atom. The normalized spacial score (nSPS) is 10.6. The van der Waals surface area contributed by atoms with Crippen LogP contribution in [0.2, 0.25) is 0 Å². The number of fused-ring (bicyclic) bond motifs is 1. The Bertz CT molecular complexity index is 793. The van der Waals surface area contributed by atoms with Crippen LogP contribution in [0.15, 0.2) is 53.6 Å². The highest BCUT2D eigenvalue weighted by atomic mass is 19.1. The number of rotatable bonds is 2. The van der Waals surface area contributed by atoms with E-state index in [9.17, 15) is 9.18 Å². The highest BCUT2D eigenvalue weighted by Crippen LogP contribution is 2.25. The number of pyridine rings is 2. The molecular formula is C14H9FN2O2. The first-order valence-corrected chi connectivity index (χ1v) is 5.64. The van der Waals surface area contributed by atoms with Gasteiger partial charge in [-0.15, -0.1) is 0 Å². The Kier molecular flexibility index (Phi) is 2.72. The van der Waals surface area contributed by atoms with Gasteiger partial charge in [-0.2, -0.15) is 0 Å². The zero-order valence-corrected chi connectivity index (χ0v) is 9.76. The minimum atomic E-state index is -0.411. The molecule has 2 heterocycles. The minimum Gasteiger partial charge on any atom is -0.438 e. The van der Waals surface area contributed by atoms with Crippen LogP contribution in [-0.2, 0) is 0 Å². The molecule has 0 aliphatic carbocycles. The summed E-state index contributed by atoms with van der Waals surface area (Å²) in [7, 11) is 0. The molecule has 4 nitrogen and oxygen atoms in total. The van der Waals surface area contributed by atoms with Crippen molar-refractivity contribution in [3.8, 4) is 11.6 Å². The highest BCUT2D eigenvalue weighted by molar-refractivity contribution is 5.85. The molecule has 0 radical (unpaired) electrons. The lowest BCUT2D eigenvalue weighted by Crippen LogP contribution is -2.06. The molecule has 0 unspecified atom stereocenters. The zero-order chi connectivity index (χ0) is 13.2. The summed E-state index contributed by atoms with van der Waals surface area (Å²) in [6.07, 6.45) is 3.09. The van der Waals surface area contributed by atoms with Crippen LogP contribution < -0.4 is 10.3 Å². The number of aromatic nitrogens is 2. The molecule has 1 aromatic carbocycles. The van der Waals surface area contributed by atoms with Gasteiger partial charge in [0, 0.05) is 18.5 Å². The highest BCUT2D eigenvalue weighted by Gasteiger charge is 2.08. The molecule has 3 aromatic rings. The molecule has 5 heteroatoms. The van der Waals surface area contributed by atoms with Crippen LogP contribution in [0.4, 0.5) is 4.39 Å². The summed E-state index contributed by atoms with van der Waals surface area (Å²) in [6, 6.07) is 9.13. The standard InChI is InChI=1S/C14H9FN2O2/c15-10-2-1-3-11(8-10)19-14-12-9(5-7-17-14)4-6-16-13(12)18/h1-8H,(H,16,18). The van der Waals surface area contributed by atoms with Crippen LogP contribution in [0.1, 0.15) is 0 Å². The molecule has 3 rings (SSSR count). The van der Waals surface area contributed by atoms with E-state index in [1.54, 1.807) is 24.4 Å². The van der Waals surface area contributed by atoms with Gasteiger partial charge in [0.05, 0.1) is 0 Å². The Morgan fingerprint density at radius 2 is 2.11 bits per heavy atom. The lowest BCUT2D eigenvalue weighted by molar-refractivity contribution is 0.463. The lowest BCUT2D eigenvalue weighted by atomic mass is 10.2. The number of aromatic amines is 1. The first kappa shape index (κ1) is 11.4. The Hall–Kier alpha value is -2.69. The number of nitrogens with zero attached hydrogens (tertiary/aromatic N) is 1. The maximum Gasteiger partial charge on any atom is 0.261 e. The first-order chi connectivity index (χ1) is 9.24. The third kappa shape index (κ3) is 2.18. The van der Waals surface area contributed by atoms with Crippen molar-refractivity contribution in [2.24, 2.45) is 0 Å². The number of H-pyrrole nitrogens is 1. The van der Waals surface area contributed by atoms with E-state index >= 15 is 0 Å². The van der Waals surface area contributed by atoms with E-state index in [2.05, 4.69) is 9.97 Å². The van der Waals surface area contributed by atoms with Gasteiger partial charge in [-0.05, 0) is 29.7 Å².